The molecule has 0 saturated carbocycles. The summed E-state index contributed by atoms with van der Waals surface area (Å²) in [5, 5.41) is 2.80. The van der Waals surface area contributed by atoms with Gasteiger partial charge in [-0.2, -0.15) is 0 Å². The Hall–Kier alpha value is -3.28. The summed E-state index contributed by atoms with van der Waals surface area (Å²) >= 11 is 3.47. The first kappa shape index (κ1) is 24.4. The van der Waals surface area contributed by atoms with Crippen LogP contribution in [0.15, 0.2) is 42.7 Å². The number of rotatable bonds is 7. The van der Waals surface area contributed by atoms with Crippen molar-refractivity contribution < 1.29 is 23.1 Å². The Balaban J connectivity index is 1.81. The molecule has 1 atom stereocenters. The zero-order valence-corrected chi connectivity index (χ0v) is 19.6. The standard InChI is InChI=1S/C21H22ClN5O5S/c1-4-32-21(29)25-15-9-17(22)18(23-10-15)11-26-12-19(24-14(26)3)20(28)27(33(30)31)16-7-5-13(2)6-8-16/h5-10,12H,4,11H2,1-3H3,(H,25,29)(H,30,31)/p-1. The number of carbonyl (C=O) groups is 2. The third-order valence-electron chi connectivity index (χ3n) is 4.56. The molecule has 3 rings (SSSR count). The third kappa shape index (κ3) is 5.95. The molecule has 0 aliphatic rings. The molecule has 2 heterocycles. The van der Waals surface area contributed by atoms with Crippen molar-refractivity contribution in [3.8, 4) is 0 Å². The van der Waals surface area contributed by atoms with Crippen LogP contribution in [0.2, 0.25) is 5.02 Å². The fourth-order valence-electron chi connectivity index (χ4n) is 2.92. The Labute approximate surface area is 198 Å². The summed E-state index contributed by atoms with van der Waals surface area (Å²) in [4.78, 5) is 32.9. The van der Waals surface area contributed by atoms with Gasteiger partial charge in [-0.1, -0.05) is 29.3 Å². The van der Waals surface area contributed by atoms with Gasteiger partial charge in [0.2, 0.25) is 0 Å². The molecule has 2 aromatic heterocycles. The van der Waals surface area contributed by atoms with E-state index in [9.17, 15) is 18.4 Å². The lowest BCUT2D eigenvalue weighted by atomic mass is 10.2. The van der Waals surface area contributed by atoms with E-state index >= 15 is 0 Å². The number of nitrogens with one attached hydrogen (secondary N) is 1. The lowest BCUT2D eigenvalue weighted by Gasteiger charge is -2.23. The molecule has 0 radical (unpaired) electrons. The average molecular weight is 491 g/mol. The minimum Gasteiger partial charge on any atom is -0.755 e. The number of anilines is 2. The van der Waals surface area contributed by atoms with E-state index in [4.69, 9.17) is 16.3 Å². The highest BCUT2D eigenvalue weighted by Gasteiger charge is 2.22. The smallest absolute Gasteiger partial charge is 0.411 e. The van der Waals surface area contributed by atoms with Crippen LogP contribution in [0.3, 0.4) is 0 Å². The topological polar surface area (TPSA) is 129 Å². The number of nitrogens with zero attached hydrogens (tertiary/aromatic N) is 4. The van der Waals surface area contributed by atoms with E-state index in [1.807, 2.05) is 6.92 Å². The van der Waals surface area contributed by atoms with Crippen LogP contribution in [0.4, 0.5) is 16.2 Å². The SMILES string of the molecule is CCOC(=O)Nc1cnc(Cn2cc(C(=O)N(c3ccc(C)cc3)S(=O)[O-])nc2C)c(Cl)c1. The highest BCUT2D eigenvalue weighted by atomic mass is 35.5. The van der Waals surface area contributed by atoms with Crippen molar-refractivity contribution in [2.75, 3.05) is 16.2 Å². The second kappa shape index (κ2) is 10.6. The van der Waals surface area contributed by atoms with Gasteiger partial charge in [0, 0.05) is 6.20 Å². The summed E-state index contributed by atoms with van der Waals surface area (Å²) in [5.41, 5.74) is 1.92. The third-order valence-corrected chi connectivity index (χ3v) is 5.56. The van der Waals surface area contributed by atoms with E-state index in [0.717, 1.165) is 5.56 Å². The fraction of sp³-hybridized carbons (Fsp3) is 0.238. The van der Waals surface area contributed by atoms with Crippen LogP contribution in [0.5, 0.6) is 0 Å². The van der Waals surface area contributed by atoms with Gasteiger partial charge in [-0.25, -0.2) is 14.1 Å². The van der Waals surface area contributed by atoms with Crippen LogP contribution in [-0.2, 0) is 22.5 Å². The molecule has 0 aliphatic carbocycles. The number of aryl methyl sites for hydroxylation is 2. The zero-order valence-electron chi connectivity index (χ0n) is 18.1. The van der Waals surface area contributed by atoms with Crippen molar-refractivity contribution in [3.05, 3.63) is 70.5 Å². The first-order valence-electron chi connectivity index (χ1n) is 9.82. The number of hydrogen-bond acceptors (Lipinski definition) is 7. The first-order valence-corrected chi connectivity index (χ1v) is 11.2. The molecular formula is C21H21ClN5O5S-. The molecule has 3 aromatic rings. The maximum Gasteiger partial charge on any atom is 0.411 e. The molecule has 0 spiro atoms. The van der Waals surface area contributed by atoms with E-state index in [2.05, 4.69) is 15.3 Å². The minimum absolute atomic E-state index is 0.0472. The van der Waals surface area contributed by atoms with Crippen molar-refractivity contribution in [2.45, 2.75) is 27.3 Å². The largest absolute Gasteiger partial charge is 0.755 e. The van der Waals surface area contributed by atoms with Crippen LogP contribution >= 0.6 is 11.6 Å². The normalized spacial score (nSPS) is 11.7. The van der Waals surface area contributed by atoms with Gasteiger partial charge < -0.3 is 13.9 Å². The van der Waals surface area contributed by atoms with Crippen LogP contribution in [0.1, 0.15) is 34.5 Å². The number of halogens is 1. The molecule has 1 aromatic carbocycles. The van der Waals surface area contributed by atoms with Gasteiger partial charge in [-0.05, 0) is 39.0 Å². The number of pyridine rings is 1. The molecule has 1 N–H and O–H groups in total. The Morgan fingerprint density at radius 2 is 1.97 bits per heavy atom. The summed E-state index contributed by atoms with van der Waals surface area (Å²) < 4.78 is 30.6. The summed E-state index contributed by atoms with van der Waals surface area (Å²) in [6.07, 6.45) is 2.25. The van der Waals surface area contributed by atoms with E-state index in [1.54, 1.807) is 42.7 Å². The molecular weight excluding hydrogens is 470 g/mol. The van der Waals surface area contributed by atoms with Crippen LogP contribution in [-0.4, -0.2) is 41.9 Å². The number of imidazole rings is 1. The molecule has 12 heteroatoms. The van der Waals surface area contributed by atoms with Gasteiger partial charge in [0.05, 0.1) is 52.7 Å². The number of aromatic nitrogens is 3. The molecule has 0 fully saturated rings. The lowest BCUT2D eigenvalue weighted by molar-refractivity contribution is 0.100. The molecule has 0 saturated heterocycles. The predicted octanol–water partition coefficient (Wildman–Crippen LogP) is 3.61. The van der Waals surface area contributed by atoms with Crippen molar-refractivity contribution in [1.29, 1.82) is 0 Å². The molecule has 0 bridgehead atoms. The summed E-state index contributed by atoms with van der Waals surface area (Å²) in [5.74, 6) is -0.326. The molecule has 1 unspecified atom stereocenters. The van der Waals surface area contributed by atoms with Gasteiger partial charge in [-0.15, -0.1) is 0 Å². The van der Waals surface area contributed by atoms with Gasteiger partial charge in [0.15, 0.2) is 0 Å². The van der Waals surface area contributed by atoms with Crippen molar-refractivity contribution in [1.82, 2.24) is 14.5 Å². The van der Waals surface area contributed by atoms with Gasteiger partial charge >= 0.3 is 6.09 Å². The molecule has 0 aliphatic heterocycles. The lowest BCUT2D eigenvalue weighted by Crippen LogP contribution is -2.32. The van der Waals surface area contributed by atoms with Crippen molar-refractivity contribution >= 4 is 46.2 Å². The Morgan fingerprint density at radius 3 is 2.58 bits per heavy atom. The second-order valence-corrected chi connectivity index (χ2v) is 8.16. The molecule has 2 amide bonds. The van der Waals surface area contributed by atoms with Crippen molar-refractivity contribution in [2.24, 2.45) is 0 Å². The minimum atomic E-state index is -2.83. The quantitative estimate of drug-likeness (QED) is 0.500. The van der Waals surface area contributed by atoms with Gasteiger partial charge in [0.25, 0.3) is 5.91 Å². The Kier molecular flexibility index (Phi) is 7.79. The number of hydrogen-bond donors (Lipinski definition) is 1. The highest BCUT2D eigenvalue weighted by molar-refractivity contribution is 7.81. The summed E-state index contributed by atoms with van der Waals surface area (Å²) in [7, 11) is 0. The number of amides is 2. The number of carbonyl (C=O) groups excluding carboxylic acids is 2. The maximum absolute atomic E-state index is 12.9. The fourth-order valence-corrected chi connectivity index (χ4v) is 3.67. The first-order chi connectivity index (χ1) is 15.7. The molecule has 174 valence electrons. The molecule has 33 heavy (non-hydrogen) atoms. The molecule has 10 nitrogen and oxygen atoms in total. The number of ether oxygens (including phenoxy) is 1. The summed E-state index contributed by atoms with van der Waals surface area (Å²) in [6.45, 7) is 5.62. The van der Waals surface area contributed by atoms with Crippen LogP contribution in [0.25, 0.3) is 0 Å². The summed E-state index contributed by atoms with van der Waals surface area (Å²) in [6, 6.07) is 8.03. The van der Waals surface area contributed by atoms with E-state index < -0.39 is 23.3 Å². The maximum atomic E-state index is 12.9. The Bertz CT molecular complexity index is 1200. The van der Waals surface area contributed by atoms with Crippen LogP contribution < -0.4 is 9.62 Å². The zero-order chi connectivity index (χ0) is 24.1. The number of benzene rings is 1. The highest BCUT2D eigenvalue weighted by Crippen LogP contribution is 2.22. The van der Waals surface area contributed by atoms with E-state index in [1.165, 1.54) is 18.5 Å². The average Bonchev–Trinajstić information content (AvgIpc) is 3.12. The van der Waals surface area contributed by atoms with Gasteiger partial charge in [-0.3, -0.25) is 19.3 Å². The second-order valence-electron chi connectivity index (χ2n) is 6.95. The Morgan fingerprint density at radius 1 is 1.27 bits per heavy atom. The van der Waals surface area contributed by atoms with E-state index in [0.29, 0.717) is 21.5 Å². The van der Waals surface area contributed by atoms with Gasteiger partial charge in [0.1, 0.15) is 11.5 Å². The predicted molar refractivity (Wildman–Crippen MR) is 123 cm³/mol. The van der Waals surface area contributed by atoms with Crippen LogP contribution in [0, 0.1) is 13.8 Å². The van der Waals surface area contributed by atoms with Crippen molar-refractivity contribution in [3.63, 3.8) is 0 Å². The van der Waals surface area contributed by atoms with E-state index in [-0.39, 0.29) is 29.6 Å². The monoisotopic (exact) mass is 490 g/mol.